The molecule has 138 valence electrons. The first-order chi connectivity index (χ1) is 12.5. The van der Waals surface area contributed by atoms with Crippen molar-refractivity contribution in [3.63, 3.8) is 0 Å². The van der Waals surface area contributed by atoms with Crippen LogP contribution in [0.4, 0.5) is 25.4 Å². The van der Waals surface area contributed by atoms with Gasteiger partial charge < -0.3 is 19.7 Å². The number of carbonyl (C=O) groups excluding carboxylic acids is 3. The maximum Gasteiger partial charge on any atom is 0.414 e. The highest BCUT2D eigenvalue weighted by Gasteiger charge is 2.33. The number of ketones is 1. The molecule has 0 bridgehead atoms. The summed E-state index contributed by atoms with van der Waals surface area (Å²) in [6.07, 6.45) is 1.49. The van der Waals surface area contributed by atoms with Crippen LogP contribution in [0.1, 0.15) is 6.42 Å². The lowest BCUT2D eigenvalue weighted by molar-refractivity contribution is -0.114. The number of benzene rings is 1. The molecule has 1 aromatic carbocycles. The number of nitrogens with one attached hydrogen (secondary N) is 1. The Labute approximate surface area is 149 Å². The highest BCUT2D eigenvalue weighted by atomic mass is 19.1. The molecule has 0 aliphatic carbocycles. The van der Waals surface area contributed by atoms with Gasteiger partial charge in [-0.3, -0.25) is 9.69 Å². The van der Waals surface area contributed by atoms with Crippen molar-refractivity contribution in [1.82, 2.24) is 5.32 Å². The van der Waals surface area contributed by atoms with E-state index in [-0.39, 0.29) is 18.9 Å². The minimum atomic E-state index is -0.622. The van der Waals surface area contributed by atoms with E-state index in [0.29, 0.717) is 24.3 Å². The summed E-state index contributed by atoms with van der Waals surface area (Å²) in [7, 11) is 1.24. The summed E-state index contributed by atoms with van der Waals surface area (Å²) in [5.74, 6) is -0.505. The molecule has 2 aliphatic heterocycles. The molecule has 0 aromatic heterocycles. The number of methoxy groups -OCH3 is 1. The van der Waals surface area contributed by atoms with Crippen LogP contribution < -0.4 is 15.1 Å². The van der Waals surface area contributed by atoms with Crippen LogP contribution in [0.25, 0.3) is 0 Å². The average Bonchev–Trinajstić information content (AvgIpc) is 3.01. The Bertz CT molecular complexity index is 767. The van der Waals surface area contributed by atoms with Gasteiger partial charge in [0.1, 0.15) is 11.9 Å². The Hall–Kier alpha value is -3.10. The maximum absolute atomic E-state index is 14.5. The molecule has 0 radical (unpaired) electrons. The third kappa shape index (κ3) is 3.76. The number of anilines is 2. The SMILES string of the molecule is COC(=O)NCC1CN(c2ccc(N3C=CC(=O)CC3)c(F)c2)C(=O)O1. The number of ether oxygens (including phenoxy) is 2. The number of halogens is 1. The van der Waals surface area contributed by atoms with Crippen molar-refractivity contribution in [2.24, 2.45) is 0 Å². The smallest absolute Gasteiger partial charge is 0.414 e. The molecule has 8 nitrogen and oxygen atoms in total. The molecular formula is C17H18FN3O5. The van der Waals surface area contributed by atoms with Crippen molar-refractivity contribution in [3.05, 3.63) is 36.3 Å². The zero-order valence-corrected chi connectivity index (χ0v) is 14.1. The standard InChI is InChI=1S/C17H18FN3O5/c1-25-16(23)19-9-13-10-21(17(24)26-13)11-2-3-15(14(18)8-11)20-6-4-12(22)5-7-20/h2-4,6,8,13H,5,7,9-10H2,1H3,(H,19,23). The molecule has 9 heteroatoms. The van der Waals surface area contributed by atoms with Gasteiger partial charge in [0.05, 0.1) is 31.6 Å². The van der Waals surface area contributed by atoms with E-state index in [1.165, 1.54) is 24.2 Å². The zero-order valence-electron chi connectivity index (χ0n) is 14.1. The third-order valence-corrected chi connectivity index (χ3v) is 4.13. The van der Waals surface area contributed by atoms with E-state index in [2.05, 4.69) is 10.1 Å². The minimum Gasteiger partial charge on any atom is -0.453 e. The second-order valence-electron chi connectivity index (χ2n) is 5.85. The van der Waals surface area contributed by atoms with E-state index in [1.54, 1.807) is 23.2 Å². The molecule has 2 heterocycles. The van der Waals surface area contributed by atoms with E-state index in [1.807, 2.05) is 0 Å². The Balaban J connectivity index is 1.69. The zero-order chi connectivity index (χ0) is 18.7. The van der Waals surface area contributed by atoms with Crippen LogP contribution in [0.15, 0.2) is 30.5 Å². The molecule has 26 heavy (non-hydrogen) atoms. The Kier molecular flexibility index (Phi) is 5.06. The molecule has 1 N–H and O–H groups in total. The fraction of sp³-hybridized carbons (Fsp3) is 0.353. The highest BCUT2D eigenvalue weighted by Crippen LogP contribution is 2.28. The first-order valence-electron chi connectivity index (χ1n) is 8.05. The second-order valence-corrected chi connectivity index (χ2v) is 5.85. The molecule has 1 aromatic rings. The van der Waals surface area contributed by atoms with E-state index in [0.717, 1.165) is 0 Å². The number of cyclic esters (lactones) is 1. The lowest BCUT2D eigenvalue weighted by Gasteiger charge is -2.24. The Morgan fingerprint density at radius 2 is 2.23 bits per heavy atom. The molecule has 2 aliphatic rings. The third-order valence-electron chi connectivity index (χ3n) is 4.13. The number of nitrogens with zero attached hydrogens (tertiary/aromatic N) is 2. The van der Waals surface area contributed by atoms with Gasteiger partial charge in [-0.1, -0.05) is 0 Å². The van der Waals surface area contributed by atoms with Crippen LogP contribution >= 0.6 is 0 Å². The largest absolute Gasteiger partial charge is 0.453 e. The predicted molar refractivity (Wildman–Crippen MR) is 90.5 cm³/mol. The number of rotatable bonds is 4. The summed E-state index contributed by atoms with van der Waals surface area (Å²) in [6, 6.07) is 4.41. The summed E-state index contributed by atoms with van der Waals surface area (Å²) in [6.45, 7) is 0.681. The highest BCUT2D eigenvalue weighted by molar-refractivity contribution is 5.92. The average molecular weight is 363 g/mol. The van der Waals surface area contributed by atoms with Gasteiger partial charge in [0.15, 0.2) is 5.78 Å². The van der Waals surface area contributed by atoms with Crippen LogP contribution in [0.3, 0.4) is 0 Å². The minimum absolute atomic E-state index is 0.00435. The van der Waals surface area contributed by atoms with Gasteiger partial charge in [-0.15, -0.1) is 0 Å². The lowest BCUT2D eigenvalue weighted by atomic mass is 10.1. The summed E-state index contributed by atoms with van der Waals surface area (Å²) in [5, 5.41) is 2.45. The molecule has 0 saturated carbocycles. The molecule has 1 atom stereocenters. The number of alkyl carbamates (subject to hydrolysis) is 1. The van der Waals surface area contributed by atoms with Crippen LogP contribution in [0, 0.1) is 5.82 Å². The first kappa shape index (κ1) is 17.7. The Morgan fingerprint density at radius 1 is 1.42 bits per heavy atom. The number of amides is 2. The summed E-state index contributed by atoms with van der Waals surface area (Å²) < 4.78 is 24.1. The van der Waals surface area contributed by atoms with Crippen molar-refractivity contribution in [2.45, 2.75) is 12.5 Å². The summed E-state index contributed by atoms with van der Waals surface area (Å²) in [5.41, 5.74) is 0.683. The van der Waals surface area contributed by atoms with Crippen LogP contribution in [-0.2, 0) is 14.3 Å². The fourth-order valence-electron chi connectivity index (χ4n) is 2.77. The quantitative estimate of drug-likeness (QED) is 0.878. The van der Waals surface area contributed by atoms with Crippen molar-refractivity contribution in [2.75, 3.05) is 36.5 Å². The van der Waals surface area contributed by atoms with Gasteiger partial charge in [0.25, 0.3) is 0 Å². The number of hydrogen-bond acceptors (Lipinski definition) is 6. The van der Waals surface area contributed by atoms with Gasteiger partial charge in [-0.25, -0.2) is 14.0 Å². The molecule has 3 rings (SSSR count). The molecule has 2 amide bonds. The molecular weight excluding hydrogens is 345 g/mol. The van der Waals surface area contributed by atoms with Gasteiger partial charge in [-0.2, -0.15) is 0 Å². The maximum atomic E-state index is 14.5. The number of hydrogen-bond donors (Lipinski definition) is 1. The number of allylic oxidation sites excluding steroid dienone is 1. The van der Waals surface area contributed by atoms with Crippen molar-refractivity contribution in [1.29, 1.82) is 0 Å². The monoisotopic (exact) mass is 363 g/mol. The summed E-state index contributed by atoms with van der Waals surface area (Å²) in [4.78, 5) is 37.3. The van der Waals surface area contributed by atoms with Gasteiger partial charge >= 0.3 is 12.2 Å². The van der Waals surface area contributed by atoms with Crippen LogP contribution in [0.5, 0.6) is 0 Å². The molecule has 0 spiro atoms. The summed E-state index contributed by atoms with van der Waals surface area (Å²) >= 11 is 0. The van der Waals surface area contributed by atoms with Crippen molar-refractivity contribution >= 4 is 29.3 Å². The van der Waals surface area contributed by atoms with Crippen LogP contribution in [0.2, 0.25) is 0 Å². The predicted octanol–water partition coefficient (Wildman–Crippen LogP) is 1.80. The van der Waals surface area contributed by atoms with E-state index >= 15 is 0 Å². The molecule has 1 unspecified atom stereocenters. The van der Waals surface area contributed by atoms with Gasteiger partial charge in [-0.05, 0) is 24.3 Å². The molecule has 1 fully saturated rings. The van der Waals surface area contributed by atoms with Gasteiger partial charge in [0, 0.05) is 19.2 Å². The van der Waals surface area contributed by atoms with Crippen molar-refractivity contribution < 1.29 is 28.2 Å². The molecule has 1 saturated heterocycles. The number of carbonyl (C=O) groups is 3. The van der Waals surface area contributed by atoms with E-state index in [4.69, 9.17) is 4.74 Å². The normalized spacial score (nSPS) is 19.5. The second kappa shape index (κ2) is 7.42. The fourth-order valence-corrected chi connectivity index (χ4v) is 2.77. The topological polar surface area (TPSA) is 88.2 Å². The van der Waals surface area contributed by atoms with E-state index in [9.17, 15) is 18.8 Å². The van der Waals surface area contributed by atoms with Gasteiger partial charge in [0.2, 0.25) is 0 Å². The Morgan fingerprint density at radius 3 is 2.88 bits per heavy atom. The van der Waals surface area contributed by atoms with Crippen LogP contribution in [-0.4, -0.2) is 50.8 Å². The van der Waals surface area contributed by atoms with Crippen molar-refractivity contribution in [3.8, 4) is 0 Å². The van der Waals surface area contributed by atoms with E-state index < -0.39 is 24.1 Å². The first-order valence-corrected chi connectivity index (χ1v) is 8.05. The lowest BCUT2D eigenvalue weighted by Crippen LogP contribution is -2.34.